The third-order valence-electron chi connectivity index (χ3n) is 2.87. The van der Waals surface area contributed by atoms with Gasteiger partial charge in [-0.2, -0.15) is 0 Å². The van der Waals surface area contributed by atoms with Crippen LogP contribution in [0.25, 0.3) is 0 Å². The van der Waals surface area contributed by atoms with Gasteiger partial charge in [0.15, 0.2) is 0 Å². The zero-order valence-electron chi connectivity index (χ0n) is 13.4. The van der Waals surface area contributed by atoms with Crippen molar-refractivity contribution >= 4 is 12.0 Å². The normalized spacial score (nSPS) is 13.9. The van der Waals surface area contributed by atoms with Crippen molar-refractivity contribution in [2.75, 3.05) is 7.05 Å². The number of aliphatic hydroxyl groups is 1. The van der Waals surface area contributed by atoms with Gasteiger partial charge in [-0.05, 0) is 26.3 Å². The van der Waals surface area contributed by atoms with Gasteiger partial charge in [-0.15, -0.1) is 0 Å². The smallest absolute Gasteiger partial charge is 0.408 e. The van der Waals surface area contributed by atoms with E-state index in [1.807, 2.05) is 30.3 Å². The van der Waals surface area contributed by atoms with E-state index >= 15 is 0 Å². The first-order chi connectivity index (χ1) is 10.2. The van der Waals surface area contributed by atoms with Crippen LogP contribution in [-0.2, 0) is 16.0 Å². The van der Waals surface area contributed by atoms with Crippen LogP contribution in [0, 0.1) is 0 Å². The zero-order valence-corrected chi connectivity index (χ0v) is 13.4. The van der Waals surface area contributed by atoms with Gasteiger partial charge in [0.25, 0.3) is 0 Å². The van der Waals surface area contributed by atoms with Gasteiger partial charge >= 0.3 is 6.09 Å². The molecule has 1 aromatic rings. The molecule has 3 N–H and O–H groups in total. The summed E-state index contributed by atoms with van der Waals surface area (Å²) in [6.07, 6.45) is -1.56. The summed E-state index contributed by atoms with van der Waals surface area (Å²) >= 11 is 0. The van der Waals surface area contributed by atoms with Gasteiger partial charge in [-0.3, -0.25) is 4.79 Å². The topological polar surface area (TPSA) is 87.7 Å². The maximum absolute atomic E-state index is 11.9. The molecule has 0 aliphatic heterocycles. The number of nitrogens with one attached hydrogen (secondary N) is 2. The highest BCUT2D eigenvalue weighted by Gasteiger charge is 2.29. The molecule has 0 radical (unpaired) electrons. The molecular weight excluding hydrogens is 284 g/mol. The monoisotopic (exact) mass is 308 g/mol. The molecule has 0 bridgehead atoms. The average Bonchev–Trinajstić information content (AvgIpc) is 2.43. The van der Waals surface area contributed by atoms with Crippen LogP contribution in [0.1, 0.15) is 26.3 Å². The van der Waals surface area contributed by atoms with Crippen LogP contribution in [0.5, 0.6) is 0 Å². The van der Waals surface area contributed by atoms with E-state index < -0.39 is 29.7 Å². The highest BCUT2D eigenvalue weighted by molar-refractivity contribution is 5.86. The van der Waals surface area contributed by atoms with Gasteiger partial charge in [-0.1, -0.05) is 30.3 Å². The lowest BCUT2D eigenvalue weighted by molar-refractivity contribution is -0.125. The van der Waals surface area contributed by atoms with E-state index in [-0.39, 0.29) is 6.42 Å². The van der Waals surface area contributed by atoms with Gasteiger partial charge in [0, 0.05) is 13.5 Å². The summed E-state index contributed by atoms with van der Waals surface area (Å²) in [5.74, 6) is -0.478. The Morgan fingerprint density at radius 2 is 1.82 bits per heavy atom. The maximum Gasteiger partial charge on any atom is 0.408 e. The molecule has 0 saturated carbocycles. The van der Waals surface area contributed by atoms with Crippen LogP contribution < -0.4 is 10.6 Å². The number of rotatable bonds is 5. The Labute approximate surface area is 130 Å². The van der Waals surface area contributed by atoms with E-state index in [0.29, 0.717) is 0 Å². The number of ether oxygens (including phenoxy) is 1. The van der Waals surface area contributed by atoms with E-state index in [9.17, 15) is 14.7 Å². The van der Waals surface area contributed by atoms with Crippen molar-refractivity contribution in [2.45, 2.75) is 44.9 Å². The van der Waals surface area contributed by atoms with Crippen molar-refractivity contribution in [1.82, 2.24) is 10.6 Å². The Bertz CT molecular complexity index is 497. The molecule has 6 nitrogen and oxygen atoms in total. The van der Waals surface area contributed by atoms with Gasteiger partial charge in [-0.25, -0.2) is 4.79 Å². The molecule has 6 heteroatoms. The molecule has 0 aromatic heterocycles. The molecule has 2 atom stereocenters. The number of carbonyl (C=O) groups excluding carboxylic acids is 2. The summed E-state index contributed by atoms with van der Waals surface area (Å²) in [6, 6.07) is 8.16. The highest BCUT2D eigenvalue weighted by Crippen LogP contribution is 2.09. The predicted octanol–water partition coefficient (Wildman–Crippen LogP) is 1.23. The number of likely N-dealkylation sites (N-methyl/N-ethyl adjacent to an activating group) is 1. The van der Waals surface area contributed by atoms with Crippen molar-refractivity contribution < 1.29 is 19.4 Å². The third kappa shape index (κ3) is 6.13. The first-order valence-corrected chi connectivity index (χ1v) is 7.16. The lowest BCUT2D eigenvalue weighted by Gasteiger charge is -2.25. The van der Waals surface area contributed by atoms with Crippen LogP contribution in [0.4, 0.5) is 4.79 Å². The Kier molecular flexibility index (Phi) is 6.37. The standard InChI is InChI=1S/C16H24N2O4/c1-16(2,3)22-15(21)18-13(14(20)17-4)12(19)10-11-8-6-5-7-9-11/h5-9,12-13,19H,10H2,1-4H3,(H,17,20)(H,18,21). The summed E-state index contributed by atoms with van der Waals surface area (Å²) in [5.41, 5.74) is 0.191. The third-order valence-corrected chi connectivity index (χ3v) is 2.87. The number of hydrogen-bond donors (Lipinski definition) is 3. The molecule has 2 amide bonds. The minimum atomic E-state index is -1.08. The van der Waals surface area contributed by atoms with Gasteiger partial charge in [0.05, 0.1) is 6.10 Å². The maximum atomic E-state index is 11.9. The second kappa shape index (κ2) is 7.79. The van der Waals surface area contributed by atoms with Crippen LogP contribution in [0.2, 0.25) is 0 Å². The molecule has 0 aliphatic carbocycles. The first kappa shape index (κ1) is 18.0. The van der Waals surface area contributed by atoms with Gasteiger partial charge in [0.2, 0.25) is 5.91 Å². The van der Waals surface area contributed by atoms with Crippen molar-refractivity contribution in [3.63, 3.8) is 0 Å². The van der Waals surface area contributed by atoms with Gasteiger partial charge in [0.1, 0.15) is 11.6 Å². The summed E-state index contributed by atoms with van der Waals surface area (Å²) in [6.45, 7) is 5.17. The SMILES string of the molecule is CNC(=O)C(NC(=O)OC(C)(C)C)C(O)Cc1ccccc1. The molecule has 2 unspecified atom stereocenters. The van der Waals surface area contributed by atoms with Crippen LogP contribution in [0.15, 0.2) is 30.3 Å². The van der Waals surface area contributed by atoms with E-state index in [1.54, 1.807) is 20.8 Å². The molecule has 1 rings (SSSR count). The van der Waals surface area contributed by atoms with Crippen molar-refractivity contribution in [3.05, 3.63) is 35.9 Å². The lowest BCUT2D eigenvalue weighted by Crippen LogP contribution is -2.54. The van der Waals surface area contributed by atoms with Crippen LogP contribution >= 0.6 is 0 Å². The summed E-state index contributed by atoms with van der Waals surface area (Å²) in [7, 11) is 1.45. The molecule has 0 heterocycles. The first-order valence-electron chi connectivity index (χ1n) is 7.16. The zero-order chi connectivity index (χ0) is 16.8. The fraction of sp³-hybridized carbons (Fsp3) is 0.500. The second-order valence-electron chi connectivity index (χ2n) is 6.00. The number of amides is 2. The Hall–Kier alpha value is -2.08. The Morgan fingerprint density at radius 3 is 2.32 bits per heavy atom. The molecule has 0 aliphatic rings. The molecule has 22 heavy (non-hydrogen) atoms. The largest absolute Gasteiger partial charge is 0.444 e. The number of hydrogen-bond acceptors (Lipinski definition) is 4. The van der Waals surface area contributed by atoms with E-state index in [4.69, 9.17) is 4.74 Å². The quantitative estimate of drug-likeness (QED) is 0.763. The summed E-state index contributed by atoms with van der Waals surface area (Å²) in [4.78, 5) is 23.7. The average molecular weight is 308 g/mol. The van der Waals surface area contributed by atoms with E-state index in [0.717, 1.165) is 5.56 Å². The van der Waals surface area contributed by atoms with Crippen LogP contribution in [0.3, 0.4) is 0 Å². The minimum absolute atomic E-state index is 0.245. The number of aliphatic hydroxyl groups excluding tert-OH is 1. The van der Waals surface area contributed by atoms with Crippen LogP contribution in [-0.4, -0.2) is 41.9 Å². The van der Waals surface area contributed by atoms with Gasteiger partial charge < -0.3 is 20.5 Å². The molecule has 0 saturated heterocycles. The van der Waals surface area contributed by atoms with E-state index in [1.165, 1.54) is 7.05 Å². The second-order valence-corrected chi connectivity index (χ2v) is 6.00. The van der Waals surface area contributed by atoms with Crippen molar-refractivity contribution in [2.24, 2.45) is 0 Å². The lowest BCUT2D eigenvalue weighted by atomic mass is 10.0. The van der Waals surface area contributed by atoms with Crippen molar-refractivity contribution in [1.29, 1.82) is 0 Å². The fourth-order valence-corrected chi connectivity index (χ4v) is 1.90. The Morgan fingerprint density at radius 1 is 1.23 bits per heavy atom. The molecule has 122 valence electrons. The molecule has 0 fully saturated rings. The minimum Gasteiger partial charge on any atom is -0.444 e. The number of carbonyl (C=O) groups is 2. The number of alkyl carbamates (subject to hydrolysis) is 1. The number of benzene rings is 1. The molecule has 1 aromatic carbocycles. The molecule has 0 spiro atoms. The fourth-order valence-electron chi connectivity index (χ4n) is 1.90. The predicted molar refractivity (Wildman–Crippen MR) is 83.4 cm³/mol. The van der Waals surface area contributed by atoms with E-state index in [2.05, 4.69) is 10.6 Å². The highest BCUT2D eigenvalue weighted by atomic mass is 16.6. The molecular formula is C16H24N2O4. The van der Waals surface area contributed by atoms with Crippen molar-refractivity contribution in [3.8, 4) is 0 Å². The summed E-state index contributed by atoms with van der Waals surface area (Å²) < 4.78 is 5.12. The summed E-state index contributed by atoms with van der Waals surface area (Å²) in [5, 5.41) is 15.1. The Balaban J connectivity index is 2.75.